The highest BCUT2D eigenvalue weighted by Gasteiger charge is 2.29. The molecule has 19 heavy (non-hydrogen) atoms. The molecule has 1 fully saturated rings. The van der Waals surface area contributed by atoms with E-state index in [2.05, 4.69) is 15.6 Å². The molecule has 3 N–H and O–H groups in total. The van der Waals surface area contributed by atoms with Gasteiger partial charge in [-0.15, -0.1) is 11.3 Å². The number of amides is 1. The van der Waals surface area contributed by atoms with E-state index in [-0.39, 0.29) is 23.4 Å². The van der Waals surface area contributed by atoms with Gasteiger partial charge in [0.2, 0.25) is 5.91 Å². The molecule has 2 heterocycles. The lowest BCUT2D eigenvalue weighted by molar-refractivity contribution is -0.123. The zero-order valence-electron chi connectivity index (χ0n) is 10.9. The van der Waals surface area contributed by atoms with Gasteiger partial charge in [-0.1, -0.05) is 6.92 Å². The Kier molecular flexibility index (Phi) is 4.16. The molecule has 7 heteroatoms. The fraction of sp³-hybridized carbons (Fsp3) is 0.583. The molecule has 0 aliphatic carbocycles. The minimum atomic E-state index is -0.973. The number of carboxylic acids is 1. The van der Waals surface area contributed by atoms with E-state index < -0.39 is 5.97 Å². The number of aromatic nitrogens is 1. The van der Waals surface area contributed by atoms with Gasteiger partial charge in [-0.25, -0.2) is 9.78 Å². The highest BCUT2D eigenvalue weighted by atomic mass is 32.1. The first kappa shape index (κ1) is 14.0. The van der Waals surface area contributed by atoms with E-state index in [9.17, 15) is 9.59 Å². The third kappa shape index (κ3) is 3.10. The Morgan fingerprint density at radius 2 is 2.32 bits per heavy atom. The number of nitrogens with one attached hydrogen (secondary N) is 2. The van der Waals surface area contributed by atoms with Crippen molar-refractivity contribution in [3.63, 3.8) is 0 Å². The first-order valence-electron chi connectivity index (χ1n) is 6.19. The van der Waals surface area contributed by atoms with Gasteiger partial charge < -0.3 is 15.7 Å². The summed E-state index contributed by atoms with van der Waals surface area (Å²) < 4.78 is 0. The predicted molar refractivity (Wildman–Crippen MR) is 71.2 cm³/mol. The predicted octanol–water partition coefficient (Wildman–Crippen LogP) is 0.764. The van der Waals surface area contributed by atoms with Crippen molar-refractivity contribution in [2.45, 2.75) is 32.9 Å². The highest BCUT2D eigenvalue weighted by Crippen LogP contribution is 2.18. The quantitative estimate of drug-likeness (QED) is 0.759. The SMILES string of the molecule is Cc1nc(CNC(=O)C2NCCC2C)sc1C(=O)O. The molecule has 2 unspecified atom stereocenters. The maximum absolute atomic E-state index is 11.9. The van der Waals surface area contributed by atoms with Gasteiger partial charge in [0, 0.05) is 0 Å². The van der Waals surface area contributed by atoms with E-state index in [4.69, 9.17) is 5.11 Å². The monoisotopic (exact) mass is 283 g/mol. The minimum absolute atomic E-state index is 0.0465. The number of aryl methyl sites for hydroxylation is 1. The second-order valence-corrected chi connectivity index (χ2v) is 5.83. The molecule has 1 saturated heterocycles. The van der Waals surface area contributed by atoms with Crippen molar-refractivity contribution in [3.05, 3.63) is 15.6 Å². The molecule has 2 atom stereocenters. The molecule has 0 saturated carbocycles. The number of carboxylic acid groups (broad SMARTS) is 1. The van der Waals surface area contributed by atoms with Gasteiger partial charge in [-0.2, -0.15) is 0 Å². The number of rotatable bonds is 4. The molecule has 1 aliphatic rings. The molecule has 104 valence electrons. The average molecular weight is 283 g/mol. The zero-order chi connectivity index (χ0) is 14.0. The Morgan fingerprint density at radius 3 is 2.84 bits per heavy atom. The molecule has 0 radical (unpaired) electrons. The number of carbonyl (C=O) groups is 2. The van der Waals surface area contributed by atoms with Crippen molar-refractivity contribution in [1.82, 2.24) is 15.6 Å². The van der Waals surface area contributed by atoms with Crippen LogP contribution in [0.5, 0.6) is 0 Å². The van der Waals surface area contributed by atoms with Crippen LogP contribution in [0.4, 0.5) is 0 Å². The summed E-state index contributed by atoms with van der Waals surface area (Å²) in [5.41, 5.74) is 0.495. The van der Waals surface area contributed by atoms with Crippen LogP contribution in [-0.2, 0) is 11.3 Å². The number of carbonyl (C=O) groups excluding carboxylic acids is 1. The Balaban J connectivity index is 1.93. The maximum atomic E-state index is 11.9. The maximum Gasteiger partial charge on any atom is 0.347 e. The number of hydrogen-bond acceptors (Lipinski definition) is 5. The van der Waals surface area contributed by atoms with Crippen LogP contribution in [0.25, 0.3) is 0 Å². The van der Waals surface area contributed by atoms with Gasteiger partial charge in [0.15, 0.2) is 0 Å². The van der Waals surface area contributed by atoms with E-state index in [0.29, 0.717) is 16.6 Å². The van der Waals surface area contributed by atoms with Crippen LogP contribution in [0.15, 0.2) is 0 Å². The summed E-state index contributed by atoms with van der Waals surface area (Å²) in [4.78, 5) is 27.2. The molecule has 0 spiro atoms. The van der Waals surface area contributed by atoms with Crippen LogP contribution in [-0.4, -0.2) is 34.6 Å². The second-order valence-electron chi connectivity index (χ2n) is 4.74. The third-order valence-corrected chi connectivity index (χ3v) is 4.41. The number of thiazole rings is 1. The summed E-state index contributed by atoms with van der Waals surface area (Å²) in [7, 11) is 0. The summed E-state index contributed by atoms with van der Waals surface area (Å²) in [6, 6.07) is -0.153. The van der Waals surface area contributed by atoms with Gasteiger partial charge in [0.25, 0.3) is 0 Å². The summed E-state index contributed by atoms with van der Waals surface area (Å²) in [6.07, 6.45) is 0.998. The normalized spacial score (nSPS) is 22.4. The molecule has 6 nitrogen and oxygen atoms in total. The van der Waals surface area contributed by atoms with E-state index in [0.717, 1.165) is 24.3 Å². The van der Waals surface area contributed by atoms with Crippen LogP contribution >= 0.6 is 11.3 Å². The van der Waals surface area contributed by atoms with Crippen molar-refractivity contribution >= 4 is 23.2 Å². The molecular weight excluding hydrogens is 266 g/mol. The van der Waals surface area contributed by atoms with E-state index in [1.165, 1.54) is 0 Å². The van der Waals surface area contributed by atoms with Crippen LogP contribution in [0.3, 0.4) is 0 Å². The topological polar surface area (TPSA) is 91.3 Å². The summed E-state index contributed by atoms with van der Waals surface area (Å²) in [6.45, 7) is 4.84. The molecule has 0 aromatic carbocycles. The molecule has 1 amide bonds. The summed E-state index contributed by atoms with van der Waals surface area (Å²) >= 11 is 1.11. The highest BCUT2D eigenvalue weighted by molar-refractivity contribution is 7.13. The van der Waals surface area contributed by atoms with Gasteiger partial charge in [0.1, 0.15) is 9.88 Å². The minimum Gasteiger partial charge on any atom is -0.477 e. The Morgan fingerprint density at radius 1 is 1.58 bits per heavy atom. The lowest BCUT2D eigenvalue weighted by Gasteiger charge is -2.14. The van der Waals surface area contributed by atoms with Crippen LogP contribution in [0, 0.1) is 12.8 Å². The van der Waals surface area contributed by atoms with Gasteiger partial charge in [-0.3, -0.25) is 4.79 Å². The van der Waals surface area contributed by atoms with E-state index >= 15 is 0 Å². The zero-order valence-corrected chi connectivity index (χ0v) is 11.7. The second kappa shape index (κ2) is 5.66. The Bertz CT molecular complexity index is 500. The lowest BCUT2D eigenvalue weighted by Crippen LogP contribution is -2.42. The van der Waals surface area contributed by atoms with Gasteiger partial charge >= 0.3 is 5.97 Å². The van der Waals surface area contributed by atoms with Crippen molar-refractivity contribution in [3.8, 4) is 0 Å². The third-order valence-electron chi connectivity index (χ3n) is 3.26. The lowest BCUT2D eigenvalue weighted by atomic mass is 10.0. The van der Waals surface area contributed by atoms with Crippen LogP contribution < -0.4 is 10.6 Å². The summed E-state index contributed by atoms with van der Waals surface area (Å²) in [5, 5.41) is 15.5. The van der Waals surface area contributed by atoms with E-state index in [1.54, 1.807) is 6.92 Å². The van der Waals surface area contributed by atoms with Crippen molar-refractivity contribution in [2.75, 3.05) is 6.54 Å². The number of aromatic carboxylic acids is 1. The molecular formula is C12H17N3O3S. The molecule has 1 aromatic heterocycles. The smallest absolute Gasteiger partial charge is 0.347 e. The first-order chi connectivity index (χ1) is 8.99. The van der Waals surface area contributed by atoms with Crippen molar-refractivity contribution in [1.29, 1.82) is 0 Å². The molecule has 1 aliphatic heterocycles. The largest absolute Gasteiger partial charge is 0.477 e. The van der Waals surface area contributed by atoms with Crippen molar-refractivity contribution in [2.24, 2.45) is 5.92 Å². The molecule has 0 bridgehead atoms. The van der Waals surface area contributed by atoms with Crippen LogP contribution in [0.1, 0.15) is 33.7 Å². The fourth-order valence-corrected chi connectivity index (χ4v) is 3.03. The van der Waals surface area contributed by atoms with E-state index in [1.807, 2.05) is 6.92 Å². The molecule has 1 aromatic rings. The molecule has 2 rings (SSSR count). The van der Waals surface area contributed by atoms with Gasteiger partial charge in [-0.05, 0) is 25.8 Å². The number of nitrogens with zero attached hydrogens (tertiary/aromatic N) is 1. The first-order valence-corrected chi connectivity index (χ1v) is 7.01. The summed E-state index contributed by atoms with van der Waals surface area (Å²) in [5.74, 6) is -0.694. The average Bonchev–Trinajstić information content (AvgIpc) is 2.92. The van der Waals surface area contributed by atoms with Crippen molar-refractivity contribution < 1.29 is 14.7 Å². The fourth-order valence-electron chi connectivity index (χ4n) is 2.18. The van der Waals surface area contributed by atoms with Gasteiger partial charge in [0.05, 0.1) is 18.3 Å². The Labute approximate surface area is 115 Å². The Hall–Kier alpha value is -1.47. The standard InChI is InChI=1S/C12H17N3O3S/c1-6-3-4-13-9(6)11(16)14-5-8-15-7(2)10(19-8)12(17)18/h6,9,13H,3-5H2,1-2H3,(H,14,16)(H,17,18). The van der Waals surface area contributed by atoms with Crippen LogP contribution in [0.2, 0.25) is 0 Å². The number of hydrogen-bond donors (Lipinski definition) is 3.